The van der Waals surface area contributed by atoms with Gasteiger partial charge in [0, 0.05) is 35.8 Å². The lowest BCUT2D eigenvalue weighted by atomic mass is 9.89. The molecule has 0 bridgehead atoms. The molecule has 3 aromatic rings. The minimum Gasteiger partial charge on any atom is -0.488 e. The Balaban J connectivity index is 1.29. The molecule has 4 nitrogen and oxygen atoms in total. The molecule has 136 valence electrons. The fourth-order valence-electron chi connectivity index (χ4n) is 4.27. The van der Waals surface area contributed by atoms with Crippen LogP contribution in [0.15, 0.2) is 60.3 Å². The monoisotopic (exact) mass is 358 g/mol. The highest BCUT2D eigenvalue weighted by Gasteiger charge is 2.28. The van der Waals surface area contributed by atoms with E-state index in [1.807, 2.05) is 35.2 Å². The van der Waals surface area contributed by atoms with Crippen molar-refractivity contribution in [1.29, 1.82) is 0 Å². The Morgan fingerprint density at radius 3 is 2.70 bits per heavy atom. The number of hydrogen-bond donors (Lipinski definition) is 1. The molecule has 4 heteroatoms. The van der Waals surface area contributed by atoms with E-state index in [1.54, 1.807) is 0 Å². The zero-order valence-corrected chi connectivity index (χ0v) is 15.2. The average molecular weight is 358 g/mol. The molecule has 27 heavy (non-hydrogen) atoms. The van der Waals surface area contributed by atoms with Gasteiger partial charge < -0.3 is 14.6 Å². The van der Waals surface area contributed by atoms with E-state index in [2.05, 4.69) is 35.4 Å². The molecule has 3 heterocycles. The number of carbonyl (C=O) groups is 1. The number of amides is 1. The van der Waals surface area contributed by atoms with E-state index in [4.69, 9.17) is 4.74 Å². The van der Waals surface area contributed by atoms with Crippen LogP contribution in [0.2, 0.25) is 0 Å². The summed E-state index contributed by atoms with van der Waals surface area (Å²) in [7, 11) is 0. The highest BCUT2D eigenvalue weighted by molar-refractivity contribution is 5.99. The summed E-state index contributed by atoms with van der Waals surface area (Å²) in [5.74, 6) is 1.47. The topological polar surface area (TPSA) is 45.3 Å². The number of ether oxygens (including phenoxy) is 1. The van der Waals surface area contributed by atoms with Gasteiger partial charge in [0.15, 0.2) is 0 Å². The van der Waals surface area contributed by atoms with Crippen molar-refractivity contribution in [2.24, 2.45) is 0 Å². The number of para-hydroxylation sites is 2. The molecule has 0 atom stereocenters. The van der Waals surface area contributed by atoms with E-state index in [9.17, 15) is 4.79 Å². The molecule has 2 aromatic carbocycles. The van der Waals surface area contributed by atoms with Crippen molar-refractivity contribution in [3.8, 4) is 5.75 Å². The third-order valence-electron chi connectivity index (χ3n) is 5.75. The number of benzene rings is 2. The maximum atomic E-state index is 12.9. The zero-order valence-electron chi connectivity index (χ0n) is 15.2. The van der Waals surface area contributed by atoms with Crippen LogP contribution in [0.25, 0.3) is 17.0 Å². The maximum absolute atomic E-state index is 12.9. The largest absolute Gasteiger partial charge is 0.488 e. The highest BCUT2D eigenvalue weighted by Crippen LogP contribution is 2.34. The summed E-state index contributed by atoms with van der Waals surface area (Å²) < 4.78 is 5.76. The molecular formula is C23H22N2O2. The molecule has 2 aliphatic rings. The van der Waals surface area contributed by atoms with Crippen LogP contribution >= 0.6 is 0 Å². The van der Waals surface area contributed by atoms with Gasteiger partial charge in [-0.05, 0) is 42.5 Å². The van der Waals surface area contributed by atoms with Gasteiger partial charge in [-0.2, -0.15) is 0 Å². The summed E-state index contributed by atoms with van der Waals surface area (Å²) in [6.07, 6.45) is 6.12. The lowest BCUT2D eigenvalue weighted by Gasteiger charge is -2.33. The Morgan fingerprint density at radius 2 is 1.81 bits per heavy atom. The number of piperidine rings is 1. The normalized spacial score (nSPS) is 17.3. The van der Waals surface area contributed by atoms with Crippen LogP contribution in [0.1, 0.15) is 29.9 Å². The predicted molar refractivity (Wildman–Crippen MR) is 107 cm³/mol. The van der Waals surface area contributed by atoms with Crippen molar-refractivity contribution >= 4 is 22.9 Å². The Labute approximate surface area is 158 Å². The second-order valence-electron chi connectivity index (χ2n) is 7.35. The minimum absolute atomic E-state index is 0.113. The summed E-state index contributed by atoms with van der Waals surface area (Å²) in [5.41, 5.74) is 4.31. The average Bonchev–Trinajstić information content (AvgIpc) is 3.17. The standard InChI is InChI=1S/C23H22N2O2/c26-23(18-13-17-5-1-4-8-22(17)27-15-18)25-11-9-16(10-12-25)20-14-24-21-7-3-2-6-19(20)21/h1-8,13-14,16,24H,9-12,15H2. The summed E-state index contributed by atoms with van der Waals surface area (Å²) in [4.78, 5) is 18.3. The van der Waals surface area contributed by atoms with Gasteiger partial charge in [-0.25, -0.2) is 0 Å². The van der Waals surface area contributed by atoms with Crippen LogP contribution in [0.4, 0.5) is 0 Å². The van der Waals surface area contributed by atoms with Gasteiger partial charge in [-0.3, -0.25) is 4.79 Å². The maximum Gasteiger partial charge on any atom is 0.253 e. The third kappa shape index (κ3) is 2.91. The SMILES string of the molecule is O=C(C1=Cc2ccccc2OC1)N1CCC(c2c[nH]c3ccccc23)CC1. The number of nitrogens with zero attached hydrogens (tertiary/aromatic N) is 1. The van der Waals surface area contributed by atoms with E-state index in [0.29, 0.717) is 12.5 Å². The van der Waals surface area contributed by atoms with E-state index in [-0.39, 0.29) is 5.91 Å². The second kappa shape index (κ2) is 6.62. The van der Waals surface area contributed by atoms with Gasteiger partial charge >= 0.3 is 0 Å². The quantitative estimate of drug-likeness (QED) is 0.740. The van der Waals surface area contributed by atoms with E-state index < -0.39 is 0 Å². The number of fused-ring (bicyclic) bond motifs is 2. The lowest BCUT2D eigenvalue weighted by Crippen LogP contribution is -2.39. The first-order valence-electron chi connectivity index (χ1n) is 9.57. The van der Waals surface area contributed by atoms with Crippen molar-refractivity contribution in [2.45, 2.75) is 18.8 Å². The Morgan fingerprint density at radius 1 is 1.04 bits per heavy atom. The zero-order chi connectivity index (χ0) is 18.2. The molecule has 1 amide bonds. The predicted octanol–water partition coefficient (Wildman–Crippen LogP) is 4.35. The van der Waals surface area contributed by atoms with Gasteiger partial charge in [0.2, 0.25) is 0 Å². The van der Waals surface area contributed by atoms with E-state index in [0.717, 1.165) is 42.8 Å². The third-order valence-corrected chi connectivity index (χ3v) is 5.75. The molecule has 0 aliphatic carbocycles. The molecule has 0 unspecified atom stereocenters. The molecule has 0 radical (unpaired) electrons. The first-order chi connectivity index (χ1) is 13.3. The minimum atomic E-state index is 0.113. The van der Waals surface area contributed by atoms with Crippen LogP contribution in [0, 0.1) is 0 Å². The van der Waals surface area contributed by atoms with E-state index in [1.165, 1.54) is 16.5 Å². The number of rotatable bonds is 2. The first kappa shape index (κ1) is 16.2. The fourth-order valence-corrected chi connectivity index (χ4v) is 4.27. The Hall–Kier alpha value is -3.01. The number of H-pyrrole nitrogens is 1. The summed E-state index contributed by atoms with van der Waals surface area (Å²) >= 11 is 0. The number of hydrogen-bond acceptors (Lipinski definition) is 2. The molecule has 2 aliphatic heterocycles. The van der Waals surface area contributed by atoms with Crippen LogP contribution in [0.5, 0.6) is 5.75 Å². The van der Waals surface area contributed by atoms with Crippen molar-refractivity contribution < 1.29 is 9.53 Å². The molecule has 1 aromatic heterocycles. The van der Waals surface area contributed by atoms with Gasteiger partial charge in [0.25, 0.3) is 5.91 Å². The molecule has 1 saturated heterocycles. The Kier molecular flexibility index (Phi) is 3.97. The number of aromatic amines is 1. The van der Waals surface area contributed by atoms with Crippen molar-refractivity contribution in [2.75, 3.05) is 19.7 Å². The summed E-state index contributed by atoms with van der Waals surface area (Å²) in [6, 6.07) is 16.3. The lowest BCUT2D eigenvalue weighted by molar-refractivity contribution is -0.128. The smallest absolute Gasteiger partial charge is 0.253 e. The van der Waals surface area contributed by atoms with Crippen molar-refractivity contribution in [3.05, 3.63) is 71.4 Å². The Bertz CT molecular complexity index is 1030. The van der Waals surface area contributed by atoms with Gasteiger partial charge in [0.05, 0.1) is 5.57 Å². The van der Waals surface area contributed by atoms with Gasteiger partial charge in [-0.1, -0.05) is 36.4 Å². The summed E-state index contributed by atoms with van der Waals surface area (Å²) in [5, 5.41) is 1.31. The van der Waals surface area contributed by atoms with Crippen LogP contribution in [-0.2, 0) is 4.79 Å². The number of aromatic nitrogens is 1. The summed E-state index contributed by atoms with van der Waals surface area (Å²) in [6.45, 7) is 1.95. The molecule has 0 saturated carbocycles. The highest BCUT2D eigenvalue weighted by atomic mass is 16.5. The van der Waals surface area contributed by atoms with Crippen LogP contribution in [-0.4, -0.2) is 35.5 Å². The number of carbonyl (C=O) groups excluding carboxylic acids is 1. The molecule has 5 rings (SSSR count). The van der Waals surface area contributed by atoms with Crippen molar-refractivity contribution in [3.63, 3.8) is 0 Å². The molecule has 1 fully saturated rings. The van der Waals surface area contributed by atoms with Crippen LogP contribution in [0.3, 0.4) is 0 Å². The number of nitrogens with one attached hydrogen (secondary N) is 1. The molecule has 1 N–H and O–H groups in total. The first-order valence-corrected chi connectivity index (χ1v) is 9.57. The second-order valence-corrected chi connectivity index (χ2v) is 7.35. The number of likely N-dealkylation sites (tertiary alicyclic amines) is 1. The van der Waals surface area contributed by atoms with Crippen molar-refractivity contribution in [1.82, 2.24) is 9.88 Å². The fraction of sp³-hybridized carbons (Fsp3) is 0.261. The van der Waals surface area contributed by atoms with Gasteiger partial charge in [0.1, 0.15) is 12.4 Å². The van der Waals surface area contributed by atoms with Crippen LogP contribution < -0.4 is 4.74 Å². The molecular weight excluding hydrogens is 336 g/mol. The van der Waals surface area contributed by atoms with E-state index >= 15 is 0 Å². The van der Waals surface area contributed by atoms with Gasteiger partial charge in [-0.15, -0.1) is 0 Å². The molecule has 0 spiro atoms.